The van der Waals surface area contributed by atoms with Crippen LogP contribution < -0.4 is 4.74 Å². The number of hydrogen-bond donors (Lipinski definition) is 0. The van der Waals surface area contributed by atoms with E-state index in [1.807, 2.05) is 24.3 Å². The molecule has 5 rings (SSSR count). The average molecular weight is 377 g/mol. The maximum absolute atomic E-state index is 13.4. The summed E-state index contributed by atoms with van der Waals surface area (Å²) in [5.74, 6) is 1.38. The fraction of sp³-hybridized carbons (Fsp3) is 0.286. The van der Waals surface area contributed by atoms with Crippen molar-refractivity contribution in [2.24, 2.45) is 0 Å². The van der Waals surface area contributed by atoms with Gasteiger partial charge >= 0.3 is 0 Å². The van der Waals surface area contributed by atoms with Crippen LogP contribution in [0.5, 0.6) is 5.75 Å². The lowest BCUT2D eigenvalue weighted by atomic mass is 10.1. The van der Waals surface area contributed by atoms with Crippen molar-refractivity contribution in [1.29, 1.82) is 0 Å². The Labute approximate surface area is 161 Å². The SMILES string of the molecule is COc1cccc2c1ncn1nc(CCCN3Cc4ccc(F)cc4C3)nc21. The molecule has 0 radical (unpaired) electrons. The van der Waals surface area contributed by atoms with E-state index >= 15 is 0 Å². The Bertz CT molecular complexity index is 1170. The summed E-state index contributed by atoms with van der Waals surface area (Å²) in [4.78, 5) is 11.5. The molecule has 0 N–H and O–H groups in total. The number of para-hydroxylation sites is 1. The van der Waals surface area contributed by atoms with Gasteiger partial charge in [-0.3, -0.25) is 4.90 Å². The van der Waals surface area contributed by atoms with Crippen LogP contribution in [0.4, 0.5) is 4.39 Å². The largest absolute Gasteiger partial charge is 0.494 e. The second-order valence-corrected chi connectivity index (χ2v) is 7.12. The van der Waals surface area contributed by atoms with Gasteiger partial charge in [-0.1, -0.05) is 12.1 Å². The quantitative estimate of drug-likeness (QED) is 0.534. The fourth-order valence-electron chi connectivity index (χ4n) is 3.90. The van der Waals surface area contributed by atoms with Gasteiger partial charge in [-0.2, -0.15) is 0 Å². The maximum Gasteiger partial charge on any atom is 0.166 e. The molecule has 0 spiro atoms. The molecule has 28 heavy (non-hydrogen) atoms. The van der Waals surface area contributed by atoms with Crippen molar-refractivity contribution >= 4 is 16.6 Å². The van der Waals surface area contributed by atoms with E-state index in [9.17, 15) is 4.39 Å². The zero-order valence-corrected chi connectivity index (χ0v) is 15.6. The minimum atomic E-state index is -0.160. The van der Waals surface area contributed by atoms with Crippen LogP contribution >= 0.6 is 0 Å². The molecular weight excluding hydrogens is 357 g/mol. The molecule has 0 atom stereocenters. The first-order valence-electron chi connectivity index (χ1n) is 9.38. The lowest BCUT2D eigenvalue weighted by Gasteiger charge is -2.13. The smallest absolute Gasteiger partial charge is 0.166 e. The molecule has 0 saturated heterocycles. The van der Waals surface area contributed by atoms with E-state index in [-0.39, 0.29) is 5.82 Å². The summed E-state index contributed by atoms with van der Waals surface area (Å²) in [5, 5.41) is 5.50. The molecule has 0 fully saturated rings. The highest BCUT2D eigenvalue weighted by molar-refractivity contribution is 5.94. The van der Waals surface area contributed by atoms with Gasteiger partial charge in [-0.05, 0) is 48.4 Å². The van der Waals surface area contributed by atoms with E-state index in [2.05, 4.69) is 15.0 Å². The Kier molecular flexibility index (Phi) is 4.16. The number of aryl methyl sites for hydroxylation is 1. The van der Waals surface area contributed by atoms with Crippen LogP contribution in [-0.4, -0.2) is 38.1 Å². The van der Waals surface area contributed by atoms with Gasteiger partial charge < -0.3 is 4.74 Å². The zero-order chi connectivity index (χ0) is 19.1. The number of fused-ring (bicyclic) bond motifs is 4. The zero-order valence-electron chi connectivity index (χ0n) is 15.6. The number of rotatable bonds is 5. The van der Waals surface area contributed by atoms with Crippen LogP contribution in [-0.2, 0) is 19.5 Å². The maximum atomic E-state index is 13.4. The Morgan fingerprint density at radius 3 is 2.93 bits per heavy atom. The van der Waals surface area contributed by atoms with Gasteiger partial charge in [-0.15, -0.1) is 5.10 Å². The summed E-state index contributed by atoms with van der Waals surface area (Å²) in [6.07, 6.45) is 3.42. The van der Waals surface area contributed by atoms with Crippen LogP contribution in [0.2, 0.25) is 0 Å². The highest BCUT2D eigenvalue weighted by Crippen LogP contribution is 2.26. The molecule has 2 aromatic carbocycles. The summed E-state index contributed by atoms with van der Waals surface area (Å²) in [6, 6.07) is 10.9. The van der Waals surface area contributed by atoms with Gasteiger partial charge in [0.1, 0.15) is 23.4 Å². The fourth-order valence-corrected chi connectivity index (χ4v) is 3.90. The lowest BCUT2D eigenvalue weighted by Crippen LogP contribution is -2.18. The molecule has 142 valence electrons. The van der Waals surface area contributed by atoms with Crippen molar-refractivity contribution < 1.29 is 9.13 Å². The third kappa shape index (κ3) is 2.97. The predicted molar refractivity (Wildman–Crippen MR) is 104 cm³/mol. The van der Waals surface area contributed by atoms with Gasteiger partial charge in [0.2, 0.25) is 0 Å². The Hall–Kier alpha value is -3.06. The van der Waals surface area contributed by atoms with Gasteiger partial charge in [0.25, 0.3) is 0 Å². The number of benzene rings is 2. The van der Waals surface area contributed by atoms with E-state index in [4.69, 9.17) is 9.72 Å². The normalized spacial score (nSPS) is 14.1. The first-order valence-corrected chi connectivity index (χ1v) is 9.38. The molecule has 0 saturated carbocycles. The molecule has 7 heteroatoms. The summed E-state index contributed by atoms with van der Waals surface area (Å²) in [7, 11) is 1.64. The third-order valence-corrected chi connectivity index (χ3v) is 5.26. The van der Waals surface area contributed by atoms with Gasteiger partial charge in [-0.25, -0.2) is 18.9 Å². The molecule has 0 amide bonds. The van der Waals surface area contributed by atoms with Gasteiger partial charge in [0, 0.05) is 24.9 Å². The van der Waals surface area contributed by atoms with Crippen molar-refractivity contribution in [1.82, 2.24) is 24.5 Å². The minimum Gasteiger partial charge on any atom is -0.494 e. The van der Waals surface area contributed by atoms with Crippen LogP contribution in [0.3, 0.4) is 0 Å². The van der Waals surface area contributed by atoms with Crippen LogP contribution in [0.25, 0.3) is 16.6 Å². The number of halogens is 1. The lowest BCUT2D eigenvalue weighted by molar-refractivity contribution is 0.280. The number of hydrogen-bond acceptors (Lipinski definition) is 5. The average Bonchev–Trinajstić information content (AvgIpc) is 3.30. The molecule has 0 aliphatic carbocycles. The molecular formula is C21H20FN5O. The Morgan fingerprint density at radius 2 is 2.04 bits per heavy atom. The minimum absolute atomic E-state index is 0.160. The second-order valence-electron chi connectivity index (χ2n) is 7.12. The molecule has 1 aliphatic rings. The highest BCUT2D eigenvalue weighted by atomic mass is 19.1. The van der Waals surface area contributed by atoms with Crippen LogP contribution in [0, 0.1) is 5.82 Å². The van der Waals surface area contributed by atoms with Gasteiger partial charge in [0.05, 0.1) is 7.11 Å². The van der Waals surface area contributed by atoms with Crippen molar-refractivity contribution in [3.8, 4) is 5.75 Å². The van der Waals surface area contributed by atoms with Gasteiger partial charge in [0.15, 0.2) is 11.5 Å². The highest BCUT2D eigenvalue weighted by Gasteiger charge is 2.19. The van der Waals surface area contributed by atoms with Crippen molar-refractivity contribution in [3.05, 3.63) is 65.5 Å². The van der Waals surface area contributed by atoms with E-state index in [1.54, 1.807) is 24.0 Å². The van der Waals surface area contributed by atoms with Crippen molar-refractivity contribution in [2.75, 3.05) is 13.7 Å². The van der Waals surface area contributed by atoms with E-state index < -0.39 is 0 Å². The second kappa shape index (κ2) is 6.83. The summed E-state index contributed by atoms with van der Waals surface area (Å²) in [6.45, 7) is 2.61. The van der Waals surface area contributed by atoms with Crippen molar-refractivity contribution in [3.63, 3.8) is 0 Å². The summed E-state index contributed by atoms with van der Waals surface area (Å²) >= 11 is 0. The summed E-state index contributed by atoms with van der Waals surface area (Å²) < 4.78 is 20.5. The van der Waals surface area contributed by atoms with Crippen LogP contribution in [0.15, 0.2) is 42.7 Å². The molecule has 4 aromatic rings. The van der Waals surface area contributed by atoms with E-state index in [0.717, 1.165) is 66.2 Å². The van der Waals surface area contributed by atoms with Crippen LogP contribution in [0.1, 0.15) is 23.4 Å². The Morgan fingerprint density at radius 1 is 1.14 bits per heavy atom. The molecule has 0 unspecified atom stereocenters. The standard InChI is InChI=1S/C21H20FN5O/c1-28-18-5-2-4-17-20(18)23-13-27-21(17)24-19(25-27)6-3-9-26-11-14-7-8-16(22)10-15(14)12-26/h2,4-5,7-8,10,13H,3,6,9,11-12H2,1H3. The molecule has 2 aromatic heterocycles. The van der Waals surface area contributed by atoms with Crippen molar-refractivity contribution in [2.45, 2.75) is 25.9 Å². The molecule has 0 bridgehead atoms. The predicted octanol–water partition coefficient (Wildman–Crippen LogP) is 3.37. The Balaban J connectivity index is 1.29. The number of aromatic nitrogens is 4. The summed E-state index contributed by atoms with van der Waals surface area (Å²) in [5.41, 5.74) is 3.90. The topological polar surface area (TPSA) is 55.6 Å². The third-order valence-electron chi connectivity index (χ3n) is 5.26. The molecule has 1 aliphatic heterocycles. The number of methoxy groups -OCH3 is 1. The number of nitrogens with zero attached hydrogens (tertiary/aromatic N) is 5. The monoisotopic (exact) mass is 377 g/mol. The molecule has 6 nitrogen and oxygen atoms in total. The first kappa shape index (κ1) is 17.1. The van der Waals surface area contributed by atoms with E-state index in [1.165, 1.54) is 11.6 Å². The van der Waals surface area contributed by atoms with E-state index in [0.29, 0.717) is 0 Å². The molecule has 3 heterocycles. The number of ether oxygens (including phenoxy) is 1. The first-order chi connectivity index (χ1) is 13.7.